The summed E-state index contributed by atoms with van der Waals surface area (Å²) in [7, 11) is 0. The third-order valence-corrected chi connectivity index (χ3v) is 2.56. The maximum absolute atomic E-state index is 12.8. The number of aromatic nitrogens is 1. The molecule has 0 atom stereocenters. The summed E-state index contributed by atoms with van der Waals surface area (Å²) in [5.41, 5.74) is -1.27. The van der Waals surface area contributed by atoms with Gasteiger partial charge in [0.2, 0.25) is 0 Å². The number of pyridine rings is 1. The van der Waals surface area contributed by atoms with Crippen LogP contribution in [0.15, 0.2) is 6.20 Å². The van der Waals surface area contributed by atoms with Gasteiger partial charge in [-0.15, -0.1) is 13.2 Å². The quantitative estimate of drug-likeness (QED) is 0.678. The average molecular weight is 336 g/mol. The van der Waals surface area contributed by atoms with Gasteiger partial charge < -0.3 is 9.84 Å². The average Bonchev–Trinajstić information content (AvgIpc) is 2.25. The Kier molecular flexibility index (Phi) is 4.85. The molecular weight excluding hydrogens is 329 g/mol. The molecule has 102 valence electrons. The molecule has 0 unspecified atom stereocenters. The fourth-order valence-corrected chi connectivity index (χ4v) is 1.94. The van der Waals surface area contributed by atoms with Crippen molar-refractivity contribution >= 4 is 15.9 Å². The Labute approximate surface area is 107 Å². The van der Waals surface area contributed by atoms with Crippen LogP contribution in [0.4, 0.5) is 22.0 Å². The van der Waals surface area contributed by atoms with Crippen LogP contribution in [-0.2, 0) is 11.9 Å². The van der Waals surface area contributed by atoms with Gasteiger partial charge in [-0.1, -0.05) is 15.9 Å². The third-order valence-electron chi connectivity index (χ3n) is 2.00. The van der Waals surface area contributed by atoms with E-state index in [1.54, 1.807) is 0 Å². The van der Waals surface area contributed by atoms with Gasteiger partial charge in [0.05, 0.1) is 24.1 Å². The second-order valence-corrected chi connectivity index (χ2v) is 3.66. The van der Waals surface area contributed by atoms with Crippen molar-refractivity contribution < 1.29 is 31.8 Å². The van der Waals surface area contributed by atoms with Crippen molar-refractivity contribution in [2.75, 3.05) is 0 Å². The first kappa shape index (κ1) is 15.1. The van der Waals surface area contributed by atoms with E-state index in [1.807, 2.05) is 0 Å². The van der Waals surface area contributed by atoms with Crippen molar-refractivity contribution in [1.82, 2.24) is 4.98 Å². The molecule has 0 aliphatic carbocycles. The van der Waals surface area contributed by atoms with Crippen LogP contribution < -0.4 is 4.74 Å². The predicted octanol–water partition coefficient (Wildman–Crippen LogP) is 3.31. The van der Waals surface area contributed by atoms with Crippen LogP contribution in [0.3, 0.4) is 0 Å². The van der Waals surface area contributed by atoms with E-state index in [9.17, 15) is 22.0 Å². The van der Waals surface area contributed by atoms with Crippen LogP contribution in [0.25, 0.3) is 0 Å². The van der Waals surface area contributed by atoms with Gasteiger partial charge in [-0.3, -0.25) is 4.98 Å². The molecule has 1 heterocycles. The summed E-state index contributed by atoms with van der Waals surface area (Å²) >= 11 is 2.86. The monoisotopic (exact) mass is 335 g/mol. The molecule has 0 bridgehead atoms. The zero-order valence-electron chi connectivity index (χ0n) is 8.64. The Morgan fingerprint density at radius 1 is 1.39 bits per heavy atom. The lowest BCUT2D eigenvalue weighted by Gasteiger charge is -2.16. The number of ether oxygens (including phenoxy) is 1. The van der Waals surface area contributed by atoms with Crippen molar-refractivity contribution in [2.45, 2.75) is 24.7 Å². The third kappa shape index (κ3) is 3.52. The van der Waals surface area contributed by atoms with Gasteiger partial charge >= 0.3 is 6.36 Å². The van der Waals surface area contributed by atoms with Crippen molar-refractivity contribution in [1.29, 1.82) is 0 Å². The number of hydrogen-bond acceptors (Lipinski definition) is 3. The summed E-state index contributed by atoms with van der Waals surface area (Å²) < 4.78 is 65.2. The maximum Gasteiger partial charge on any atom is 0.573 e. The normalized spacial score (nSPS) is 12.0. The largest absolute Gasteiger partial charge is 0.573 e. The Balaban J connectivity index is 3.35. The Hall–Kier alpha value is -0.960. The highest BCUT2D eigenvalue weighted by Gasteiger charge is 2.34. The fraction of sp³-hybridized carbons (Fsp3) is 0.444. The lowest BCUT2D eigenvalue weighted by atomic mass is 10.1. The van der Waals surface area contributed by atoms with Gasteiger partial charge in [0.25, 0.3) is 6.43 Å². The molecule has 0 aromatic carbocycles. The number of aliphatic hydroxyl groups is 1. The molecule has 0 saturated heterocycles. The minimum atomic E-state index is -5.09. The molecule has 9 heteroatoms. The Morgan fingerprint density at radius 2 is 2.00 bits per heavy atom. The first-order valence-electron chi connectivity index (χ1n) is 4.51. The second-order valence-electron chi connectivity index (χ2n) is 3.10. The molecule has 0 amide bonds. The second kappa shape index (κ2) is 5.79. The number of hydrogen-bond donors (Lipinski definition) is 1. The molecule has 18 heavy (non-hydrogen) atoms. The molecule has 1 aromatic rings. The molecule has 0 fully saturated rings. The first-order valence-corrected chi connectivity index (χ1v) is 5.63. The van der Waals surface area contributed by atoms with Gasteiger partial charge in [0.1, 0.15) is 0 Å². The van der Waals surface area contributed by atoms with Gasteiger partial charge in [-0.2, -0.15) is 0 Å². The van der Waals surface area contributed by atoms with Crippen LogP contribution in [0.1, 0.15) is 23.2 Å². The van der Waals surface area contributed by atoms with Crippen molar-refractivity contribution in [3.05, 3.63) is 23.0 Å². The molecule has 1 rings (SSSR count). The molecular formula is C9H7BrF5NO2. The molecule has 1 N–H and O–H groups in total. The number of halogens is 6. The molecule has 0 aliphatic rings. The molecule has 0 aliphatic heterocycles. The van der Waals surface area contributed by atoms with Crippen molar-refractivity contribution in [3.8, 4) is 5.75 Å². The lowest BCUT2D eigenvalue weighted by molar-refractivity contribution is -0.275. The maximum atomic E-state index is 12.8. The molecule has 0 saturated carbocycles. The molecule has 0 radical (unpaired) electrons. The van der Waals surface area contributed by atoms with Gasteiger partial charge in [0, 0.05) is 5.33 Å². The van der Waals surface area contributed by atoms with Gasteiger partial charge in [-0.25, -0.2) is 8.78 Å². The van der Waals surface area contributed by atoms with E-state index < -0.39 is 30.7 Å². The fourth-order valence-electron chi connectivity index (χ4n) is 1.32. The smallest absolute Gasteiger partial charge is 0.404 e. The minimum Gasteiger partial charge on any atom is -0.404 e. The van der Waals surface area contributed by atoms with Crippen molar-refractivity contribution in [2.24, 2.45) is 0 Å². The molecule has 0 spiro atoms. The summed E-state index contributed by atoms with van der Waals surface area (Å²) in [6.45, 7) is -0.660. The number of alkyl halides is 6. The summed E-state index contributed by atoms with van der Waals surface area (Å²) in [4.78, 5) is 3.46. The number of aliphatic hydroxyl groups excluding tert-OH is 1. The Bertz CT molecular complexity index is 424. The van der Waals surface area contributed by atoms with Gasteiger partial charge in [0.15, 0.2) is 5.75 Å². The van der Waals surface area contributed by atoms with E-state index >= 15 is 0 Å². The van der Waals surface area contributed by atoms with Crippen LogP contribution in [0.2, 0.25) is 0 Å². The van der Waals surface area contributed by atoms with E-state index in [0.717, 1.165) is 0 Å². The van der Waals surface area contributed by atoms with E-state index in [0.29, 0.717) is 6.20 Å². The highest BCUT2D eigenvalue weighted by atomic mass is 79.9. The van der Waals surface area contributed by atoms with Crippen LogP contribution in [0.5, 0.6) is 5.75 Å². The SMILES string of the molecule is OCc1ncc(OC(F)(F)F)c(C(F)F)c1CBr. The summed E-state index contributed by atoms with van der Waals surface area (Å²) in [5.74, 6) is -1.07. The zero-order chi connectivity index (χ0) is 13.9. The minimum absolute atomic E-state index is 0.128. The highest BCUT2D eigenvalue weighted by Crippen LogP contribution is 2.36. The van der Waals surface area contributed by atoms with Crippen molar-refractivity contribution in [3.63, 3.8) is 0 Å². The van der Waals surface area contributed by atoms with E-state index in [2.05, 4.69) is 25.7 Å². The summed E-state index contributed by atoms with van der Waals surface area (Å²) in [5, 5.41) is 8.71. The highest BCUT2D eigenvalue weighted by molar-refractivity contribution is 9.08. The Morgan fingerprint density at radius 3 is 2.39 bits per heavy atom. The topological polar surface area (TPSA) is 42.4 Å². The molecule has 1 aromatic heterocycles. The van der Waals surface area contributed by atoms with Crippen LogP contribution in [0, 0.1) is 0 Å². The summed E-state index contributed by atoms with van der Waals surface area (Å²) in [6, 6.07) is 0. The summed E-state index contributed by atoms with van der Waals surface area (Å²) in [6.07, 6.45) is -7.74. The number of rotatable bonds is 4. The standard InChI is InChI=1S/C9H7BrF5NO2/c10-1-4-5(3-17)16-2-6(7(4)8(11)12)18-9(13,14)15/h2,8,17H,1,3H2. The van der Waals surface area contributed by atoms with Gasteiger partial charge in [-0.05, 0) is 5.56 Å². The van der Waals surface area contributed by atoms with Crippen LogP contribution in [-0.4, -0.2) is 16.5 Å². The van der Waals surface area contributed by atoms with Crippen LogP contribution >= 0.6 is 15.9 Å². The number of nitrogens with zero attached hydrogens (tertiary/aromatic N) is 1. The zero-order valence-corrected chi connectivity index (χ0v) is 10.2. The first-order chi connectivity index (χ1) is 8.30. The predicted molar refractivity (Wildman–Crippen MR) is 54.4 cm³/mol. The van der Waals surface area contributed by atoms with E-state index in [-0.39, 0.29) is 16.6 Å². The van der Waals surface area contributed by atoms with E-state index in [1.165, 1.54) is 0 Å². The van der Waals surface area contributed by atoms with E-state index in [4.69, 9.17) is 5.11 Å². The lowest BCUT2D eigenvalue weighted by Crippen LogP contribution is -2.19. The molecule has 3 nitrogen and oxygen atoms in total.